The molecule has 2 rings (SSSR count). The highest BCUT2D eigenvalue weighted by atomic mass is 32.1. The van der Waals surface area contributed by atoms with Crippen molar-refractivity contribution in [2.75, 3.05) is 18.4 Å². The Kier molecular flexibility index (Phi) is 3.94. The molecule has 7 nitrogen and oxygen atoms in total. The van der Waals surface area contributed by atoms with Gasteiger partial charge >= 0.3 is 6.03 Å². The van der Waals surface area contributed by atoms with Crippen LogP contribution in [0.4, 0.5) is 10.5 Å². The Hall–Kier alpha value is -2.48. The Labute approximate surface area is 120 Å². The normalized spacial score (nSPS) is 14.1. The second-order valence-corrected chi connectivity index (χ2v) is 4.57. The van der Waals surface area contributed by atoms with Gasteiger partial charge in [-0.25, -0.2) is 4.79 Å². The highest BCUT2D eigenvalue weighted by Crippen LogP contribution is 2.10. The van der Waals surface area contributed by atoms with Gasteiger partial charge in [-0.1, -0.05) is 12.2 Å². The minimum Gasteiger partial charge on any atom is -0.389 e. The summed E-state index contributed by atoms with van der Waals surface area (Å²) in [6.07, 6.45) is 0. The summed E-state index contributed by atoms with van der Waals surface area (Å²) in [5, 5.41) is 4.92. The molecule has 0 aliphatic carbocycles. The number of anilines is 1. The van der Waals surface area contributed by atoms with Crippen LogP contribution < -0.4 is 16.4 Å². The number of urea groups is 1. The lowest BCUT2D eigenvalue weighted by Crippen LogP contribution is -2.38. The summed E-state index contributed by atoms with van der Waals surface area (Å²) in [5.74, 6) is -0.882. The van der Waals surface area contributed by atoms with Gasteiger partial charge in [0.15, 0.2) is 0 Å². The quantitative estimate of drug-likeness (QED) is 0.527. The number of nitrogens with zero attached hydrogens (tertiary/aromatic N) is 1. The Morgan fingerprint density at radius 3 is 2.50 bits per heavy atom. The summed E-state index contributed by atoms with van der Waals surface area (Å²) < 4.78 is 0. The first kappa shape index (κ1) is 13.9. The second kappa shape index (κ2) is 5.66. The maximum Gasteiger partial charge on any atom is 0.325 e. The molecule has 1 fully saturated rings. The molecule has 0 unspecified atom stereocenters. The Bertz CT molecular complexity index is 569. The number of carbonyl (C=O) groups is 3. The van der Waals surface area contributed by atoms with Gasteiger partial charge in [-0.3, -0.25) is 14.5 Å². The van der Waals surface area contributed by atoms with Gasteiger partial charge in [0.1, 0.15) is 11.5 Å². The standard InChI is InChI=1S/C12H12N4O3S/c13-11(20)7-1-3-8(4-2-7)15-9(17)6-16-10(18)5-14-12(16)19/h1-4H,5-6H2,(H2,13,20)(H,14,19)(H,15,17). The van der Waals surface area contributed by atoms with E-state index in [-0.39, 0.29) is 18.1 Å². The van der Waals surface area contributed by atoms with Gasteiger partial charge in [0, 0.05) is 11.3 Å². The Balaban J connectivity index is 1.96. The minimum absolute atomic E-state index is 0.0746. The predicted molar refractivity (Wildman–Crippen MR) is 76.1 cm³/mol. The molecule has 4 amide bonds. The first-order valence-corrected chi connectivity index (χ1v) is 6.16. The van der Waals surface area contributed by atoms with Crippen LogP contribution in [0.3, 0.4) is 0 Å². The molecule has 1 aromatic carbocycles. The van der Waals surface area contributed by atoms with Crippen LogP contribution in [0.5, 0.6) is 0 Å². The third kappa shape index (κ3) is 3.09. The van der Waals surface area contributed by atoms with Crippen LogP contribution >= 0.6 is 12.2 Å². The topological polar surface area (TPSA) is 105 Å². The van der Waals surface area contributed by atoms with Gasteiger partial charge in [-0.05, 0) is 24.3 Å². The third-order valence-electron chi connectivity index (χ3n) is 2.69. The number of thiocarbonyl (C=S) groups is 1. The summed E-state index contributed by atoms with van der Waals surface area (Å²) in [5.41, 5.74) is 6.68. The number of rotatable bonds is 4. The predicted octanol–water partition coefficient (Wildman–Crippen LogP) is -0.189. The van der Waals surface area contributed by atoms with Crippen molar-refractivity contribution in [1.29, 1.82) is 0 Å². The van der Waals surface area contributed by atoms with E-state index in [1.165, 1.54) is 0 Å². The highest BCUT2D eigenvalue weighted by molar-refractivity contribution is 7.80. The SMILES string of the molecule is NC(=S)c1ccc(NC(=O)CN2C(=O)CNC2=O)cc1. The van der Waals surface area contributed by atoms with E-state index in [0.29, 0.717) is 11.3 Å². The van der Waals surface area contributed by atoms with Crippen molar-refractivity contribution in [3.05, 3.63) is 29.8 Å². The van der Waals surface area contributed by atoms with Crippen molar-refractivity contribution >= 4 is 40.7 Å². The van der Waals surface area contributed by atoms with Crippen LogP contribution in [0.15, 0.2) is 24.3 Å². The lowest BCUT2D eigenvalue weighted by molar-refractivity contribution is -0.128. The minimum atomic E-state index is -0.561. The van der Waals surface area contributed by atoms with E-state index >= 15 is 0 Å². The van der Waals surface area contributed by atoms with Crippen molar-refractivity contribution in [2.45, 2.75) is 0 Å². The number of hydrogen-bond donors (Lipinski definition) is 3. The van der Waals surface area contributed by atoms with Crippen LogP contribution in [-0.4, -0.2) is 40.8 Å². The summed E-state index contributed by atoms with van der Waals surface area (Å²) in [4.78, 5) is 35.5. The van der Waals surface area contributed by atoms with Crippen molar-refractivity contribution in [2.24, 2.45) is 5.73 Å². The first-order valence-electron chi connectivity index (χ1n) is 5.75. The van der Waals surface area contributed by atoms with Gasteiger partial charge in [-0.15, -0.1) is 0 Å². The Morgan fingerprint density at radius 2 is 2.00 bits per heavy atom. The molecule has 1 aliphatic rings. The number of carbonyl (C=O) groups excluding carboxylic acids is 3. The van der Waals surface area contributed by atoms with Crippen LogP contribution in [0.2, 0.25) is 0 Å². The number of benzene rings is 1. The maximum absolute atomic E-state index is 11.7. The molecule has 8 heteroatoms. The molecule has 0 saturated carbocycles. The molecule has 0 atom stereocenters. The zero-order valence-corrected chi connectivity index (χ0v) is 11.2. The molecular weight excluding hydrogens is 280 g/mol. The van der Waals surface area contributed by atoms with E-state index in [1.807, 2.05) is 0 Å². The van der Waals surface area contributed by atoms with Gasteiger partial charge in [0.25, 0.3) is 5.91 Å². The molecule has 20 heavy (non-hydrogen) atoms. The molecule has 104 valence electrons. The van der Waals surface area contributed by atoms with Gasteiger partial charge in [-0.2, -0.15) is 0 Å². The van der Waals surface area contributed by atoms with Gasteiger partial charge < -0.3 is 16.4 Å². The number of nitrogens with two attached hydrogens (primary N) is 1. The van der Waals surface area contributed by atoms with E-state index in [4.69, 9.17) is 18.0 Å². The van der Waals surface area contributed by atoms with E-state index in [1.54, 1.807) is 24.3 Å². The van der Waals surface area contributed by atoms with Crippen molar-refractivity contribution in [3.8, 4) is 0 Å². The first-order chi connectivity index (χ1) is 9.47. The molecule has 1 saturated heterocycles. The fraction of sp³-hybridized carbons (Fsp3) is 0.167. The lowest BCUT2D eigenvalue weighted by Gasteiger charge is -2.12. The molecule has 1 aromatic rings. The van der Waals surface area contributed by atoms with E-state index in [9.17, 15) is 14.4 Å². The largest absolute Gasteiger partial charge is 0.389 e. The monoisotopic (exact) mass is 292 g/mol. The van der Waals surface area contributed by atoms with Crippen molar-refractivity contribution in [3.63, 3.8) is 0 Å². The van der Waals surface area contributed by atoms with Crippen LogP contribution in [0, 0.1) is 0 Å². The van der Waals surface area contributed by atoms with E-state index in [0.717, 1.165) is 4.90 Å². The number of nitrogens with one attached hydrogen (secondary N) is 2. The Morgan fingerprint density at radius 1 is 1.35 bits per heavy atom. The summed E-state index contributed by atoms with van der Waals surface area (Å²) >= 11 is 4.82. The van der Waals surface area contributed by atoms with Gasteiger partial charge in [0.05, 0.1) is 6.54 Å². The fourth-order valence-corrected chi connectivity index (χ4v) is 1.81. The van der Waals surface area contributed by atoms with Gasteiger partial charge in [0.2, 0.25) is 5.91 Å². The van der Waals surface area contributed by atoms with Crippen molar-refractivity contribution in [1.82, 2.24) is 10.2 Å². The van der Waals surface area contributed by atoms with Crippen LogP contribution in [0.25, 0.3) is 0 Å². The smallest absolute Gasteiger partial charge is 0.325 e. The average Bonchev–Trinajstić information content (AvgIpc) is 2.71. The van der Waals surface area contributed by atoms with Crippen LogP contribution in [0.1, 0.15) is 5.56 Å². The summed E-state index contributed by atoms with van der Waals surface area (Å²) in [7, 11) is 0. The summed E-state index contributed by atoms with van der Waals surface area (Å²) in [6.45, 7) is -0.392. The maximum atomic E-state index is 11.7. The highest BCUT2D eigenvalue weighted by Gasteiger charge is 2.30. The van der Waals surface area contributed by atoms with E-state index < -0.39 is 17.8 Å². The molecule has 0 bridgehead atoms. The fourth-order valence-electron chi connectivity index (χ4n) is 1.68. The number of imide groups is 1. The number of amides is 4. The zero-order valence-electron chi connectivity index (χ0n) is 10.4. The summed E-state index contributed by atoms with van der Waals surface area (Å²) in [6, 6.07) is 6.06. The van der Waals surface area contributed by atoms with Crippen LogP contribution in [-0.2, 0) is 9.59 Å². The molecule has 0 radical (unpaired) electrons. The molecule has 1 aliphatic heterocycles. The third-order valence-corrected chi connectivity index (χ3v) is 2.93. The molecule has 1 heterocycles. The molecular formula is C12H12N4O3S. The number of hydrogen-bond acceptors (Lipinski definition) is 4. The second-order valence-electron chi connectivity index (χ2n) is 4.13. The molecule has 0 spiro atoms. The lowest BCUT2D eigenvalue weighted by atomic mass is 10.2. The van der Waals surface area contributed by atoms with Crippen molar-refractivity contribution < 1.29 is 14.4 Å². The average molecular weight is 292 g/mol. The van der Waals surface area contributed by atoms with E-state index in [2.05, 4.69) is 10.6 Å². The molecule has 0 aromatic heterocycles. The zero-order chi connectivity index (χ0) is 14.7. The molecule has 4 N–H and O–H groups in total.